The average Bonchev–Trinajstić information content (AvgIpc) is 2.57. The number of aliphatic hydroxyl groups is 2. The van der Waals surface area contributed by atoms with Gasteiger partial charge in [-0.25, -0.2) is 9.59 Å². The fourth-order valence-corrected chi connectivity index (χ4v) is 2.16. The van der Waals surface area contributed by atoms with Crippen molar-refractivity contribution in [2.75, 3.05) is 0 Å². The van der Waals surface area contributed by atoms with E-state index >= 15 is 0 Å². The van der Waals surface area contributed by atoms with Crippen LogP contribution < -0.4 is 5.48 Å². The summed E-state index contributed by atoms with van der Waals surface area (Å²) in [5.41, 5.74) is 3.32. The number of rotatable bonds is 6. The first kappa shape index (κ1) is 16.9. The number of carbonyl (C=O) groups excluding carboxylic acids is 1. The largest absolute Gasteiger partial charge is 0.479 e. The van der Waals surface area contributed by atoms with E-state index in [4.69, 9.17) is 10.2 Å². The van der Waals surface area contributed by atoms with Gasteiger partial charge in [-0.15, -0.1) is 5.48 Å². The molecule has 0 heterocycles. The zero-order valence-electron chi connectivity index (χ0n) is 12.3. The normalized spacial score (nSPS) is 14.9. The fraction of sp³-hybridized carbons (Fsp3) is 0.250. The molecule has 0 aliphatic carbocycles. The van der Waals surface area contributed by atoms with Gasteiger partial charge in [0.1, 0.15) is 0 Å². The van der Waals surface area contributed by atoms with Crippen molar-refractivity contribution in [2.24, 2.45) is 0 Å². The van der Waals surface area contributed by atoms with Crippen LogP contribution in [0.5, 0.6) is 0 Å². The minimum Gasteiger partial charge on any atom is -0.479 e. The molecular weight excluding hydrogens is 302 g/mol. The number of carbonyl (C=O) groups is 2. The molecule has 7 heteroatoms. The third-order valence-corrected chi connectivity index (χ3v) is 3.42. The van der Waals surface area contributed by atoms with Crippen molar-refractivity contribution in [2.45, 2.75) is 25.2 Å². The van der Waals surface area contributed by atoms with Gasteiger partial charge in [0.25, 0.3) is 0 Å². The van der Waals surface area contributed by atoms with E-state index in [1.165, 1.54) is 0 Å². The first-order valence-electron chi connectivity index (χ1n) is 6.94. The van der Waals surface area contributed by atoms with E-state index in [9.17, 15) is 14.7 Å². The Morgan fingerprint density at radius 3 is 2.39 bits per heavy atom. The lowest BCUT2D eigenvalue weighted by atomic mass is 10.0. The summed E-state index contributed by atoms with van der Waals surface area (Å²) in [6.07, 6.45) is -4.41. The minimum atomic E-state index is -2.24. The lowest BCUT2D eigenvalue weighted by Gasteiger charge is -2.18. The Morgan fingerprint density at radius 2 is 1.70 bits per heavy atom. The van der Waals surface area contributed by atoms with Crippen molar-refractivity contribution in [3.63, 3.8) is 0 Å². The number of fused-ring (bicyclic) bond motifs is 1. The number of hydrogen-bond donors (Lipinski definition) is 4. The van der Waals surface area contributed by atoms with E-state index in [1.807, 2.05) is 42.5 Å². The van der Waals surface area contributed by atoms with Crippen LogP contribution in [0.2, 0.25) is 0 Å². The third kappa shape index (κ3) is 3.84. The van der Waals surface area contributed by atoms with Gasteiger partial charge in [0.05, 0.1) is 6.04 Å². The van der Waals surface area contributed by atoms with Crippen molar-refractivity contribution >= 4 is 22.7 Å². The van der Waals surface area contributed by atoms with E-state index in [0.717, 1.165) is 16.3 Å². The molecule has 7 nitrogen and oxygen atoms in total. The van der Waals surface area contributed by atoms with Gasteiger partial charge in [-0.2, -0.15) is 0 Å². The van der Waals surface area contributed by atoms with Gasteiger partial charge in [0, 0.05) is 0 Å². The van der Waals surface area contributed by atoms with Gasteiger partial charge in [-0.1, -0.05) is 42.5 Å². The number of aliphatic carboxylic acids is 1. The average molecular weight is 319 g/mol. The Kier molecular flexibility index (Phi) is 5.28. The highest BCUT2D eigenvalue weighted by molar-refractivity contribution is 5.86. The monoisotopic (exact) mass is 319 g/mol. The molecular formula is C16H17NO6. The number of benzene rings is 2. The Labute approximate surface area is 132 Å². The summed E-state index contributed by atoms with van der Waals surface area (Å²) in [5, 5.41) is 29.0. The van der Waals surface area contributed by atoms with Crippen LogP contribution in [0, 0.1) is 0 Å². The van der Waals surface area contributed by atoms with Gasteiger partial charge in [0.15, 0.2) is 12.2 Å². The maximum absolute atomic E-state index is 11.5. The van der Waals surface area contributed by atoms with Crippen LogP contribution in [0.4, 0.5) is 0 Å². The van der Waals surface area contributed by atoms with Crippen LogP contribution in [0.1, 0.15) is 18.5 Å². The molecule has 0 spiro atoms. The molecule has 2 aromatic rings. The molecule has 4 N–H and O–H groups in total. The summed E-state index contributed by atoms with van der Waals surface area (Å²) < 4.78 is 0. The van der Waals surface area contributed by atoms with Crippen LogP contribution in [0.3, 0.4) is 0 Å². The predicted molar refractivity (Wildman–Crippen MR) is 81.2 cm³/mol. The zero-order valence-corrected chi connectivity index (χ0v) is 12.3. The van der Waals surface area contributed by atoms with Gasteiger partial charge >= 0.3 is 11.9 Å². The Balaban J connectivity index is 2.06. The highest BCUT2D eigenvalue weighted by atomic mass is 16.7. The summed E-state index contributed by atoms with van der Waals surface area (Å²) in [4.78, 5) is 26.7. The zero-order chi connectivity index (χ0) is 17.0. The second-order valence-electron chi connectivity index (χ2n) is 5.06. The number of carboxylic acids is 1. The van der Waals surface area contributed by atoms with E-state index in [0.29, 0.717) is 0 Å². The first-order chi connectivity index (χ1) is 10.9. The van der Waals surface area contributed by atoms with Crippen molar-refractivity contribution in [1.82, 2.24) is 5.48 Å². The fourth-order valence-electron chi connectivity index (χ4n) is 2.16. The number of hydroxylamine groups is 1. The lowest BCUT2D eigenvalue weighted by Crippen LogP contribution is -2.42. The van der Waals surface area contributed by atoms with Gasteiger partial charge < -0.3 is 20.2 Å². The summed E-state index contributed by atoms with van der Waals surface area (Å²) in [6, 6.07) is 12.9. The smallest absolute Gasteiger partial charge is 0.357 e. The predicted octanol–water partition coefficient (Wildman–Crippen LogP) is 0.755. The molecule has 0 fully saturated rings. The second kappa shape index (κ2) is 7.19. The summed E-state index contributed by atoms with van der Waals surface area (Å²) in [7, 11) is 0. The topological polar surface area (TPSA) is 116 Å². The summed E-state index contributed by atoms with van der Waals surface area (Å²) in [6.45, 7) is 1.75. The standard InChI is InChI=1S/C16H17NO6/c1-9(17-23-16(22)14(19)13(18)15(20)21)11-8-4-6-10-5-2-3-7-12(10)11/h2-9,13-14,17-19H,1H3,(H,20,21)/t9-,13+,14+/m1/s1. The van der Waals surface area contributed by atoms with Crippen LogP contribution in [-0.2, 0) is 14.4 Å². The number of aliphatic hydroxyl groups excluding tert-OH is 2. The molecule has 0 radical (unpaired) electrons. The molecule has 0 amide bonds. The van der Waals surface area contributed by atoms with Crippen LogP contribution in [-0.4, -0.2) is 39.5 Å². The quantitative estimate of drug-likeness (QED) is 0.581. The molecule has 23 heavy (non-hydrogen) atoms. The molecule has 0 bridgehead atoms. The Bertz CT molecular complexity index is 711. The Hall–Kier alpha value is -2.48. The van der Waals surface area contributed by atoms with Gasteiger partial charge in [-0.3, -0.25) is 0 Å². The molecule has 122 valence electrons. The number of hydrogen-bond acceptors (Lipinski definition) is 6. The van der Waals surface area contributed by atoms with Gasteiger partial charge in [-0.05, 0) is 23.3 Å². The Morgan fingerprint density at radius 1 is 1.04 bits per heavy atom. The molecule has 0 aliphatic rings. The van der Waals surface area contributed by atoms with E-state index < -0.39 is 30.2 Å². The molecule has 2 rings (SSSR count). The first-order valence-corrected chi connectivity index (χ1v) is 6.94. The van der Waals surface area contributed by atoms with Crippen molar-refractivity contribution < 1.29 is 29.7 Å². The molecule has 3 atom stereocenters. The van der Waals surface area contributed by atoms with Crippen LogP contribution in [0.15, 0.2) is 42.5 Å². The van der Waals surface area contributed by atoms with E-state index in [-0.39, 0.29) is 0 Å². The molecule has 0 aliphatic heterocycles. The van der Waals surface area contributed by atoms with Crippen molar-refractivity contribution in [1.29, 1.82) is 0 Å². The molecule has 0 aromatic heterocycles. The molecule has 0 unspecified atom stereocenters. The highest BCUT2D eigenvalue weighted by Gasteiger charge is 2.32. The van der Waals surface area contributed by atoms with Crippen LogP contribution in [0.25, 0.3) is 10.8 Å². The maximum atomic E-state index is 11.5. The summed E-state index contributed by atoms with van der Waals surface area (Å²) in [5.74, 6) is -2.98. The van der Waals surface area contributed by atoms with Crippen molar-refractivity contribution in [3.8, 4) is 0 Å². The third-order valence-electron chi connectivity index (χ3n) is 3.42. The minimum absolute atomic E-state index is 0.403. The number of carboxylic acid groups (broad SMARTS) is 1. The van der Waals surface area contributed by atoms with E-state index in [2.05, 4.69) is 10.3 Å². The highest BCUT2D eigenvalue weighted by Crippen LogP contribution is 2.23. The molecule has 0 saturated heterocycles. The van der Waals surface area contributed by atoms with Crippen molar-refractivity contribution in [3.05, 3.63) is 48.0 Å². The lowest BCUT2D eigenvalue weighted by molar-refractivity contribution is -0.176. The van der Waals surface area contributed by atoms with Gasteiger partial charge in [0.2, 0.25) is 0 Å². The van der Waals surface area contributed by atoms with E-state index in [1.54, 1.807) is 6.92 Å². The maximum Gasteiger partial charge on any atom is 0.357 e. The SMILES string of the molecule is C[C@@H](NOC(=O)[C@@H](O)[C@H](O)C(=O)O)c1cccc2ccccc12. The van der Waals surface area contributed by atoms with Crippen LogP contribution >= 0.6 is 0 Å². The molecule has 0 saturated carbocycles. The summed E-state index contributed by atoms with van der Waals surface area (Å²) >= 11 is 0. The second-order valence-corrected chi connectivity index (χ2v) is 5.06. The number of nitrogens with one attached hydrogen (secondary N) is 1. The molecule has 2 aromatic carbocycles.